The van der Waals surface area contributed by atoms with Gasteiger partial charge in [0.2, 0.25) is 0 Å². The minimum absolute atomic E-state index is 0.0367. The van der Waals surface area contributed by atoms with E-state index in [9.17, 15) is 8.42 Å². The van der Waals surface area contributed by atoms with E-state index in [0.29, 0.717) is 10.6 Å². The minimum Gasteiger partial charge on any atom is -0.329 e. The Bertz CT molecular complexity index is 639. The van der Waals surface area contributed by atoms with Crippen LogP contribution in [0.1, 0.15) is 10.8 Å². The fourth-order valence-corrected chi connectivity index (χ4v) is 3.64. The van der Waals surface area contributed by atoms with Gasteiger partial charge < -0.3 is 5.73 Å². The van der Waals surface area contributed by atoms with Crippen molar-refractivity contribution in [2.75, 3.05) is 6.54 Å². The zero-order chi connectivity index (χ0) is 13.9. The maximum absolute atomic E-state index is 12.6. The molecule has 0 bridgehead atoms. The van der Waals surface area contributed by atoms with E-state index in [1.54, 1.807) is 36.4 Å². The van der Waals surface area contributed by atoms with E-state index in [1.165, 1.54) is 12.1 Å². The maximum Gasteiger partial charge on any atom is 0.186 e. The molecule has 0 aliphatic rings. The largest absolute Gasteiger partial charge is 0.329 e. The number of halogens is 1. The summed E-state index contributed by atoms with van der Waals surface area (Å²) in [5, 5.41) is -0.238. The number of rotatable bonds is 4. The third-order valence-electron chi connectivity index (χ3n) is 2.90. The Hall–Kier alpha value is -1.36. The minimum atomic E-state index is -3.50. The molecule has 5 heteroatoms. The second-order valence-electron chi connectivity index (χ2n) is 4.13. The van der Waals surface area contributed by atoms with E-state index in [4.69, 9.17) is 17.3 Å². The Labute approximate surface area is 117 Å². The van der Waals surface area contributed by atoms with Crippen LogP contribution in [0.15, 0.2) is 59.5 Å². The van der Waals surface area contributed by atoms with Crippen LogP contribution in [0.3, 0.4) is 0 Å². The molecule has 0 spiro atoms. The van der Waals surface area contributed by atoms with Crippen molar-refractivity contribution in [2.24, 2.45) is 5.73 Å². The van der Waals surface area contributed by atoms with Crippen LogP contribution in [0.4, 0.5) is 0 Å². The van der Waals surface area contributed by atoms with Gasteiger partial charge in [-0.1, -0.05) is 41.9 Å². The molecule has 2 N–H and O–H groups in total. The Morgan fingerprint density at radius 3 is 2.11 bits per heavy atom. The van der Waals surface area contributed by atoms with Crippen LogP contribution in [0, 0.1) is 0 Å². The third-order valence-corrected chi connectivity index (χ3v) is 5.30. The second-order valence-corrected chi connectivity index (χ2v) is 6.70. The topological polar surface area (TPSA) is 60.2 Å². The monoisotopic (exact) mass is 295 g/mol. The Kier molecular flexibility index (Phi) is 4.24. The van der Waals surface area contributed by atoms with Gasteiger partial charge in [0.25, 0.3) is 0 Å². The maximum atomic E-state index is 12.6. The Balaban J connectivity index is 2.45. The van der Waals surface area contributed by atoms with Gasteiger partial charge in [0, 0.05) is 11.6 Å². The average Bonchev–Trinajstić information content (AvgIpc) is 2.41. The van der Waals surface area contributed by atoms with Crippen LogP contribution < -0.4 is 5.73 Å². The van der Waals surface area contributed by atoms with Gasteiger partial charge in [-0.15, -0.1) is 0 Å². The standard InChI is InChI=1S/C14H14ClNO2S/c15-12-6-8-13(9-7-12)19(17,18)14(10-16)11-4-2-1-3-5-11/h1-9,14H,10,16H2/t14-/m1/s1. The normalized spacial score (nSPS) is 13.2. The molecule has 0 unspecified atom stereocenters. The number of nitrogens with two attached hydrogens (primary N) is 1. The van der Waals surface area contributed by atoms with Crippen molar-refractivity contribution in [3.8, 4) is 0 Å². The van der Waals surface area contributed by atoms with Crippen LogP contribution >= 0.6 is 11.6 Å². The van der Waals surface area contributed by atoms with Crippen molar-refractivity contribution in [1.82, 2.24) is 0 Å². The highest BCUT2D eigenvalue weighted by atomic mass is 35.5. The van der Waals surface area contributed by atoms with E-state index < -0.39 is 15.1 Å². The molecule has 2 aromatic rings. The van der Waals surface area contributed by atoms with Gasteiger partial charge in [-0.3, -0.25) is 0 Å². The lowest BCUT2D eigenvalue weighted by atomic mass is 10.1. The van der Waals surface area contributed by atoms with Crippen LogP contribution in [0.25, 0.3) is 0 Å². The summed E-state index contributed by atoms with van der Waals surface area (Å²) in [5.74, 6) is 0. The highest BCUT2D eigenvalue weighted by Crippen LogP contribution is 2.28. The molecule has 19 heavy (non-hydrogen) atoms. The fraction of sp³-hybridized carbons (Fsp3) is 0.143. The molecule has 2 aromatic carbocycles. The fourth-order valence-electron chi connectivity index (χ4n) is 1.90. The van der Waals surface area contributed by atoms with Gasteiger partial charge in [0.1, 0.15) is 5.25 Å². The third kappa shape index (κ3) is 2.97. The van der Waals surface area contributed by atoms with Crippen molar-refractivity contribution in [3.05, 3.63) is 65.2 Å². The molecule has 0 aliphatic carbocycles. The van der Waals surface area contributed by atoms with E-state index in [2.05, 4.69) is 0 Å². The van der Waals surface area contributed by atoms with Crippen molar-refractivity contribution in [2.45, 2.75) is 10.1 Å². The molecule has 0 saturated carbocycles. The van der Waals surface area contributed by atoms with Crippen LogP contribution in [0.2, 0.25) is 5.02 Å². The average molecular weight is 296 g/mol. The summed E-state index contributed by atoms with van der Waals surface area (Å²) in [4.78, 5) is 0.233. The Morgan fingerprint density at radius 2 is 1.58 bits per heavy atom. The number of benzene rings is 2. The first-order valence-corrected chi connectivity index (χ1v) is 7.72. The molecule has 2 rings (SSSR count). The molecular weight excluding hydrogens is 282 g/mol. The number of sulfone groups is 1. The molecule has 1 atom stereocenters. The first-order valence-electron chi connectivity index (χ1n) is 5.80. The van der Waals surface area contributed by atoms with Crippen molar-refractivity contribution < 1.29 is 8.42 Å². The summed E-state index contributed by atoms with van der Waals surface area (Å²) in [7, 11) is -3.50. The van der Waals surface area contributed by atoms with Crippen LogP contribution in [-0.2, 0) is 9.84 Å². The van der Waals surface area contributed by atoms with Crippen molar-refractivity contribution in [1.29, 1.82) is 0 Å². The summed E-state index contributed by atoms with van der Waals surface area (Å²) in [6.45, 7) is 0.0367. The van der Waals surface area contributed by atoms with Crippen molar-refractivity contribution >= 4 is 21.4 Å². The molecule has 0 saturated heterocycles. The predicted molar refractivity (Wildman–Crippen MR) is 76.9 cm³/mol. The highest BCUT2D eigenvalue weighted by Gasteiger charge is 2.27. The van der Waals surface area contributed by atoms with Crippen LogP contribution in [-0.4, -0.2) is 15.0 Å². The molecule has 100 valence electrons. The smallest absolute Gasteiger partial charge is 0.186 e. The van der Waals surface area contributed by atoms with E-state index >= 15 is 0 Å². The highest BCUT2D eigenvalue weighted by molar-refractivity contribution is 7.91. The number of hydrogen-bond donors (Lipinski definition) is 1. The lowest BCUT2D eigenvalue weighted by Gasteiger charge is -2.16. The molecule has 0 heterocycles. The molecule has 0 aromatic heterocycles. The summed E-state index contributed by atoms with van der Waals surface area (Å²) in [6, 6.07) is 15.1. The van der Waals surface area contributed by atoms with Gasteiger partial charge in [-0.2, -0.15) is 0 Å². The number of hydrogen-bond acceptors (Lipinski definition) is 3. The molecule has 0 fully saturated rings. The lowest BCUT2D eigenvalue weighted by molar-refractivity contribution is 0.582. The first-order chi connectivity index (χ1) is 9.05. The summed E-state index contributed by atoms with van der Waals surface area (Å²) >= 11 is 5.77. The summed E-state index contributed by atoms with van der Waals surface area (Å²) in [6.07, 6.45) is 0. The van der Waals surface area contributed by atoms with E-state index in [0.717, 1.165) is 0 Å². The molecule has 0 radical (unpaired) electrons. The lowest BCUT2D eigenvalue weighted by Crippen LogP contribution is -2.22. The second kappa shape index (κ2) is 5.74. The Morgan fingerprint density at radius 1 is 1.00 bits per heavy atom. The van der Waals surface area contributed by atoms with E-state index in [1.807, 2.05) is 6.07 Å². The quantitative estimate of drug-likeness (QED) is 0.943. The summed E-state index contributed by atoms with van der Waals surface area (Å²) < 4.78 is 25.1. The molecule has 0 amide bonds. The van der Waals surface area contributed by atoms with Gasteiger partial charge in [0.05, 0.1) is 4.90 Å². The summed E-state index contributed by atoms with van der Waals surface area (Å²) in [5.41, 5.74) is 6.35. The van der Waals surface area contributed by atoms with Gasteiger partial charge in [-0.05, 0) is 29.8 Å². The van der Waals surface area contributed by atoms with Crippen molar-refractivity contribution in [3.63, 3.8) is 0 Å². The molecule has 0 aliphatic heterocycles. The van der Waals surface area contributed by atoms with Gasteiger partial charge in [-0.25, -0.2) is 8.42 Å². The van der Waals surface area contributed by atoms with Gasteiger partial charge in [0.15, 0.2) is 9.84 Å². The van der Waals surface area contributed by atoms with E-state index in [-0.39, 0.29) is 11.4 Å². The predicted octanol–water partition coefficient (Wildman–Crippen LogP) is 2.81. The van der Waals surface area contributed by atoms with Gasteiger partial charge >= 0.3 is 0 Å². The zero-order valence-corrected chi connectivity index (χ0v) is 11.7. The SMILES string of the molecule is NC[C@H](c1ccccc1)S(=O)(=O)c1ccc(Cl)cc1. The zero-order valence-electron chi connectivity index (χ0n) is 10.2. The molecule has 3 nitrogen and oxygen atoms in total. The molecular formula is C14H14ClNO2S. The first kappa shape index (κ1) is 14.1. The van der Waals surface area contributed by atoms with Crippen LogP contribution in [0.5, 0.6) is 0 Å².